The number of aryl methyl sites for hydroxylation is 1. The van der Waals surface area contributed by atoms with Gasteiger partial charge in [-0.3, -0.25) is 0 Å². The van der Waals surface area contributed by atoms with E-state index in [9.17, 15) is 0 Å². The summed E-state index contributed by atoms with van der Waals surface area (Å²) in [6.07, 6.45) is 14.0. The fourth-order valence-electron chi connectivity index (χ4n) is 4.92. The fourth-order valence-corrected chi connectivity index (χ4v) is 4.92. The first-order valence-corrected chi connectivity index (χ1v) is 11.3. The molecule has 3 N–H and O–H groups in total. The molecule has 0 aliphatic heterocycles. The smallest absolute Gasteiger partial charge is 0.223 e. The molecule has 0 amide bonds. The average molecular weight is 414 g/mol. The van der Waals surface area contributed by atoms with Crippen molar-refractivity contribution in [2.24, 2.45) is 5.92 Å². The minimum absolute atomic E-state index is 0.497. The molecule has 2 aliphatic rings. The number of hydrogen-bond acceptors (Lipinski definition) is 6. The fraction of sp³-hybridized carbons (Fsp3) is 0.417. The van der Waals surface area contributed by atoms with E-state index in [1.807, 2.05) is 12.3 Å². The Bertz CT molecular complexity index is 1240. The van der Waals surface area contributed by atoms with Crippen molar-refractivity contribution >= 4 is 33.7 Å². The van der Waals surface area contributed by atoms with Gasteiger partial charge in [0.25, 0.3) is 0 Å². The van der Waals surface area contributed by atoms with Gasteiger partial charge in [-0.2, -0.15) is 0 Å². The Balaban J connectivity index is 1.12. The molecule has 2 aliphatic carbocycles. The van der Waals surface area contributed by atoms with Gasteiger partial charge in [0.2, 0.25) is 5.95 Å². The van der Waals surface area contributed by atoms with Crippen LogP contribution in [0.4, 0.5) is 11.8 Å². The zero-order chi connectivity index (χ0) is 20.8. The highest BCUT2D eigenvalue weighted by Crippen LogP contribution is 2.39. The van der Waals surface area contributed by atoms with E-state index in [4.69, 9.17) is 10.7 Å². The number of aromatic nitrogens is 5. The topological polar surface area (TPSA) is 94.5 Å². The van der Waals surface area contributed by atoms with Gasteiger partial charge in [-0.25, -0.2) is 19.9 Å². The summed E-state index contributed by atoms with van der Waals surface area (Å²) in [7, 11) is 0. The number of rotatable bonds is 6. The van der Waals surface area contributed by atoms with Crippen LogP contribution in [0.1, 0.15) is 50.1 Å². The molecule has 0 bridgehead atoms. The van der Waals surface area contributed by atoms with Crippen LogP contribution in [-0.2, 0) is 6.42 Å². The highest BCUT2D eigenvalue weighted by Gasteiger charge is 2.27. The predicted octanol–water partition coefficient (Wildman–Crippen LogP) is 4.51. The first kappa shape index (κ1) is 18.5. The zero-order valence-corrected chi connectivity index (χ0v) is 17.5. The Morgan fingerprint density at radius 1 is 1.06 bits per heavy atom. The van der Waals surface area contributed by atoms with E-state index in [0.29, 0.717) is 17.9 Å². The van der Waals surface area contributed by atoms with Crippen LogP contribution in [0.15, 0.2) is 43.0 Å². The Kier molecular flexibility index (Phi) is 4.47. The van der Waals surface area contributed by atoms with E-state index in [1.54, 1.807) is 6.33 Å². The molecule has 31 heavy (non-hydrogen) atoms. The molecule has 2 saturated carbocycles. The lowest BCUT2D eigenvalue weighted by Crippen LogP contribution is -2.06. The van der Waals surface area contributed by atoms with Gasteiger partial charge >= 0.3 is 0 Å². The minimum Gasteiger partial charge on any atom is -0.383 e. The second-order valence-corrected chi connectivity index (χ2v) is 9.10. The third kappa shape index (κ3) is 3.69. The monoisotopic (exact) mass is 413 g/mol. The average Bonchev–Trinajstić information content (AvgIpc) is 3.29. The van der Waals surface area contributed by atoms with Crippen molar-refractivity contribution in [1.82, 2.24) is 24.5 Å². The molecule has 4 aromatic rings. The highest BCUT2D eigenvalue weighted by molar-refractivity contribution is 5.86. The standard InChI is InChI=1S/C24H27N7/c25-22-20-9-10-31(23(20)28-14-27-22)19-8-4-15(11-19)1-2-16-3-5-17-13-26-24(29-18-6-7-18)30-21(17)12-16/h3,5,9-10,12-15,18-19H,1-2,4,6-8,11H2,(H2,25,27,28)(H,26,29,30)/t15-,19+/m1/s1. The van der Waals surface area contributed by atoms with Crippen molar-refractivity contribution in [3.8, 4) is 0 Å². The molecule has 7 nitrogen and oxygen atoms in total. The van der Waals surface area contributed by atoms with E-state index in [1.165, 1.54) is 44.1 Å². The molecular formula is C24H27N7. The Labute approximate surface area is 181 Å². The zero-order valence-electron chi connectivity index (χ0n) is 17.5. The van der Waals surface area contributed by atoms with Crippen molar-refractivity contribution in [2.75, 3.05) is 11.1 Å². The van der Waals surface area contributed by atoms with Crippen molar-refractivity contribution in [3.63, 3.8) is 0 Å². The third-order valence-electron chi connectivity index (χ3n) is 6.85. The quantitative estimate of drug-likeness (QED) is 0.483. The molecule has 0 saturated heterocycles. The van der Waals surface area contributed by atoms with Gasteiger partial charge in [0.15, 0.2) is 0 Å². The molecule has 158 valence electrons. The molecule has 0 spiro atoms. The summed E-state index contributed by atoms with van der Waals surface area (Å²) in [6, 6.07) is 9.72. The van der Waals surface area contributed by atoms with Crippen LogP contribution >= 0.6 is 0 Å². The number of nitrogen functional groups attached to an aromatic ring is 1. The van der Waals surface area contributed by atoms with Crippen molar-refractivity contribution in [2.45, 2.75) is 57.0 Å². The summed E-state index contributed by atoms with van der Waals surface area (Å²) in [5.41, 5.74) is 9.36. The molecule has 0 unspecified atom stereocenters. The van der Waals surface area contributed by atoms with Crippen LogP contribution in [0.5, 0.6) is 0 Å². The second-order valence-electron chi connectivity index (χ2n) is 9.10. The minimum atomic E-state index is 0.497. The number of nitrogens with one attached hydrogen (secondary N) is 1. The van der Waals surface area contributed by atoms with Crippen LogP contribution in [-0.4, -0.2) is 30.5 Å². The maximum atomic E-state index is 6.01. The van der Waals surface area contributed by atoms with Crippen molar-refractivity contribution < 1.29 is 0 Å². The van der Waals surface area contributed by atoms with E-state index >= 15 is 0 Å². The normalized spacial score (nSPS) is 21.2. The molecule has 7 heteroatoms. The number of fused-ring (bicyclic) bond motifs is 2. The van der Waals surface area contributed by atoms with Crippen LogP contribution in [0, 0.1) is 5.92 Å². The van der Waals surface area contributed by atoms with Gasteiger partial charge in [-0.15, -0.1) is 0 Å². The van der Waals surface area contributed by atoms with Gasteiger partial charge in [0.05, 0.1) is 10.9 Å². The SMILES string of the molecule is Nc1ncnc2c1ccn2[C@H]1CC[C@@H](CCc2ccc3cnc(NC4CC4)nc3c2)C1. The van der Waals surface area contributed by atoms with Crippen LogP contribution in [0.2, 0.25) is 0 Å². The maximum absolute atomic E-state index is 6.01. The largest absolute Gasteiger partial charge is 0.383 e. The molecule has 2 atom stereocenters. The molecule has 3 aromatic heterocycles. The third-order valence-corrected chi connectivity index (χ3v) is 6.85. The highest BCUT2D eigenvalue weighted by atomic mass is 15.1. The number of hydrogen-bond donors (Lipinski definition) is 2. The molecule has 2 fully saturated rings. The molecular weight excluding hydrogens is 386 g/mol. The summed E-state index contributed by atoms with van der Waals surface area (Å²) in [5, 5.41) is 5.46. The summed E-state index contributed by atoms with van der Waals surface area (Å²) in [6.45, 7) is 0. The van der Waals surface area contributed by atoms with Gasteiger partial charge in [-0.1, -0.05) is 12.1 Å². The van der Waals surface area contributed by atoms with Crippen LogP contribution in [0.3, 0.4) is 0 Å². The number of nitrogens with two attached hydrogens (primary N) is 1. The van der Waals surface area contributed by atoms with E-state index < -0.39 is 0 Å². The van der Waals surface area contributed by atoms with Gasteiger partial charge in [-0.05, 0) is 68.6 Å². The summed E-state index contributed by atoms with van der Waals surface area (Å²) < 4.78 is 2.30. The maximum Gasteiger partial charge on any atom is 0.223 e. The van der Waals surface area contributed by atoms with E-state index in [2.05, 4.69) is 49.2 Å². The summed E-state index contributed by atoms with van der Waals surface area (Å²) in [4.78, 5) is 17.8. The first-order chi connectivity index (χ1) is 15.2. The van der Waals surface area contributed by atoms with Gasteiger partial charge in [0, 0.05) is 29.9 Å². The number of benzene rings is 1. The number of anilines is 2. The summed E-state index contributed by atoms with van der Waals surface area (Å²) >= 11 is 0. The number of nitrogens with zero attached hydrogens (tertiary/aromatic N) is 5. The molecule has 3 heterocycles. The molecule has 6 rings (SSSR count). The second kappa shape index (κ2) is 7.48. The summed E-state index contributed by atoms with van der Waals surface area (Å²) in [5.74, 6) is 2.05. The first-order valence-electron chi connectivity index (χ1n) is 11.3. The lowest BCUT2D eigenvalue weighted by atomic mass is 9.97. The van der Waals surface area contributed by atoms with Gasteiger partial charge < -0.3 is 15.6 Å². The molecule has 1 aromatic carbocycles. The Morgan fingerprint density at radius 3 is 2.90 bits per heavy atom. The Morgan fingerprint density at radius 2 is 2.00 bits per heavy atom. The van der Waals surface area contributed by atoms with E-state index in [-0.39, 0.29) is 0 Å². The predicted molar refractivity (Wildman–Crippen MR) is 123 cm³/mol. The van der Waals surface area contributed by atoms with Crippen molar-refractivity contribution in [3.05, 3.63) is 48.5 Å². The van der Waals surface area contributed by atoms with Crippen LogP contribution < -0.4 is 11.1 Å². The lowest BCUT2D eigenvalue weighted by molar-refractivity contribution is 0.461. The van der Waals surface area contributed by atoms with Crippen LogP contribution in [0.25, 0.3) is 21.9 Å². The lowest BCUT2D eigenvalue weighted by Gasteiger charge is -2.14. The van der Waals surface area contributed by atoms with Gasteiger partial charge in [0.1, 0.15) is 17.8 Å². The van der Waals surface area contributed by atoms with Crippen molar-refractivity contribution in [1.29, 1.82) is 0 Å². The molecule has 0 radical (unpaired) electrons. The van der Waals surface area contributed by atoms with E-state index in [0.717, 1.165) is 40.2 Å². The Hall–Kier alpha value is -3.22.